The molecule has 4 heterocycles. The number of amides is 1. The summed E-state index contributed by atoms with van der Waals surface area (Å²) in [6, 6.07) is 2.03. The number of hydrogen-bond acceptors (Lipinski definition) is 4. The smallest absolute Gasteiger partial charge is 0.254 e. The third-order valence-electron chi connectivity index (χ3n) is 6.20. The van der Waals surface area contributed by atoms with Crippen LogP contribution in [0.15, 0.2) is 6.07 Å². The fourth-order valence-electron chi connectivity index (χ4n) is 4.63. The zero-order valence-corrected chi connectivity index (χ0v) is 17.8. The molecule has 28 heavy (non-hydrogen) atoms. The minimum Gasteiger partial charge on any atom is -0.342 e. The number of aromatic nitrogens is 4. The molecular weight excluding hydrogens is 372 g/mol. The molecule has 2 aromatic heterocycles. The van der Waals surface area contributed by atoms with Gasteiger partial charge in [0.1, 0.15) is 0 Å². The van der Waals surface area contributed by atoms with Crippen molar-refractivity contribution in [3.63, 3.8) is 0 Å². The Morgan fingerprint density at radius 1 is 1.18 bits per heavy atom. The van der Waals surface area contributed by atoms with Crippen molar-refractivity contribution in [2.24, 2.45) is 5.92 Å². The average molecular weight is 404 g/mol. The molecule has 1 N–H and O–H groups in total. The number of fused-ring (bicyclic) bond motifs is 1. The molecule has 0 radical (unpaired) electrons. The molecule has 2 fully saturated rings. The second-order valence-electron chi connectivity index (χ2n) is 8.38. The standard InChI is InChI=1S/C20H30N6OS/c1-15-13-16(2)26-19(21-15)22-25(20(26)28)14-23-11-7-17(8-12-23)18(27)24-9-5-3-4-6-10-24/h13,17H,3-12,14H2,1-2H3/p+1. The van der Waals surface area contributed by atoms with Gasteiger partial charge in [0.05, 0.1) is 13.1 Å². The first-order valence-corrected chi connectivity index (χ1v) is 11.0. The second kappa shape index (κ2) is 8.29. The summed E-state index contributed by atoms with van der Waals surface area (Å²) >= 11 is 5.64. The fraction of sp³-hybridized carbons (Fsp3) is 0.700. The minimum absolute atomic E-state index is 0.197. The normalized spacial score (nSPS) is 23.7. The highest BCUT2D eigenvalue weighted by atomic mass is 32.1. The molecule has 7 nitrogen and oxygen atoms in total. The summed E-state index contributed by atoms with van der Waals surface area (Å²) in [6.07, 6.45) is 6.77. The highest BCUT2D eigenvalue weighted by molar-refractivity contribution is 7.71. The van der Waals surface area contributed by atoms with Gasteiger partial charge in [-0.15, -0.1) is 5.10 Å². The second-order valence-corrected chi connectivity index (χ2v) is 8.74. The van der Waals surface area contributed by atoms with E-state index in [1.807, 2.05) is 29.0 Å². The Kier molecular flexibility index (Phi) is 5.78. The molecule has 0 atom stereocenters. The van der Waals surface area contributed by atoms with Gasteiger partial charge >= 0.3 is 0 Å². The summed E-state index contributed by atoms with van der Waals surface area (Å²) in [4.78, 5) is 21.0. The van der Waals surface area contributed by atoms with Crippen LogP contribution in [0.4, 0.5) is 0 Å². The minimum atomic E-state index is 0.197. The van der Waals surface area contributed by atoms with Gasteiger partial charge in [-0.05, 0) is 45.0 Å². The number of piperidine rings is 1. The van der Waals surface area contributed by atoms with Gasteiger partial charge in [0.25, 0.3) is 5.78 Å². The molecule has 1 amide bonds. The molecule has 0 saturated carbocycles. The highest BCUT2D eigenvalue weighted by Crippen LogP contribution is 2.17. The van der Waals surface area contributed by atoms with Gasteiger partial charge in [0.2, 0.25) is 10.7 Å². The maximum Gasteiger partial charge on any atom is 0.254 e. The molecule has 0 aliphatic carbocycles. The van der Waals surface area contributed by atoms with Crippen LogP contribution in [0.1, 0.15) is 49.9 Å². The van der Waals surface area contributed by atoms with Crippen molar-refractivity contribution in [1.29, 1.82) is 0 Å². The van der Waals surface area contributed by atoms with Gasteiger partial charge < -0.3 is 9.80 Å². The van der Waals surface area contributed by atoms with Crippen molar-refractivity contribution < 1.29 is 9.69 Å². The van der Waals surface area contributed by atoms with Gasteiger partial charge in [-0.25, -0.2) is 4.98 Å². The van der Waals surface area contributed by atoms with Gasteiger partial charge in [-0.1, -0.05) is 12.8 Å². The maximum absolute atomic E-state index is 12.9. The van der Waals surface area contributed by atoms with Crippen LogP contribution in [0.5, 0.6) is 0 Å². The number of aryl methyl sites for hydroxylation is 2. The molecule has 0 spiro atoms. The summed E-state index contributed by atoms with van der Waals surface area (Å²) in [5, 5.41) is 4.63. The van der Waals surface area contributed by atoms with Crippen molar-refractivity contribution >= 4 is 23.9 Å². The van der Waals surface area contributed by atoms with Crippen LogP contribution in [0.2, 0.25) is 0 Å². The molecule has 2 saturated heterocycles. The number of nitrogens with zero attached hydrogens (tertiary/aromatic N) is 5. The monoisotopic (exact) mass is 403 g/mol. The fourth-order valence-corrected chi connectivity index (χ4v) is 4.96. The molecule has 2 aliphatic rings. The van der Waals surface area contributed by atoms with Crippen LogP contribution in [-0.2, 0) is 11.5 Å². The molecule has 4 rings (SSSR count). The molecule has 0 aromatic carbocycles. The number of nitrogens with one attached hydrogen (secondary N) is 1. The van der Waals surface area contributed by atoms with E-state index in [1.54, 1.807) is 0 Å². The Morgan fingerprint density at radius 3 is 2.54 bits per heavy atom. The van der Waals surface area contributed by atoms with Gasteiger partial charge in [0.15, 0.2) is 6.67 Å². The summed E-state index contributed by atoms with van der Waals surface area (Å²) in [5.74, 6) is 1.26. The maximum atomic E-state index is 12.9. The van der Waals surface area contributed by atoms with E-state index in [-0.39, 0.29) is 5.92 Å². The molecule has 0 unspecified atom stereocenters. The van der Waals surface area contributed by atoms with Crippen molar-refractivity contribution in [2.75, 3.05) is 26.2 Å². The number of rotatable bonds is 3. The predicted octanol–water partition coefficient (Wildman–Crippen LogP) is 1.53. The number of likely N-dealkylation sites (tertiary alicyclic amines) is 2. The van der Waals surface area contributed by atoms with E-state index in [1.165, 1.54) is 17.7 Å². The molecule has 2 aliphatic heterocycles. The summed E-state index contributed by atoms with van der Waals surface area (Å²) in [7, 11) is 0. The molecule has 152 valence electrons. The van der Waals surface area contributed by atoms with E-state index in [4.69, 9.17) is 12.2 Å². The first-order valence-electron chi connectivity index (χ1n) is 10.6. The lowest BCUT2D eigenvalue weighted by Crippen LogP contribution is -3.12. The van der Waals surface area contributed by atoms with Crippen molar-refractivity contribution in [3.05, 3.63) is 22.2 Å². The third-order valence-corrected chi connectivity index (χ3v) is 6.60. The third kappa shape index (κ3) is 3.98. The Morgan fingerprint density at radius 2 is 1.86 bits per heavy atom. The van der Waals surface area contributed by atoms with E-state index in [2.05, 4.69) is 15.0 Å². The average Bonchev–Trinajstić information content (AvgIpc) is 2.86. The van der Waals surface area contributed by atoms with Crippen LogP contribution in [0, 0.1) is 24.5 Å². The van der Waals surface area contributed by atoms with E-state index in [9.17, 15) is 4.79 Å². The van der Waals surface area contributed by atoms with Gasteiger partial charge in [-0.2, -0.15) is 4.68 Å². The Balaban J connectivity index is 1.39. The largest absolute Gasteiger partial charge is 0.342 e. The van der Waals surface area contributed by atoms with Crippen molar-refractivity contribution in [2.45, 2.75) is 59.0 Å². The van der Waals surface area contributed by atoms with Crippen LogP contribution >= 0.6 is 12.2 Å². The first-order chi connectivity index (χ1) is 13.5. The van der Waals surface area contributed by atoms with Crippen molar-refractivity contribution in [3.8, 4) is 0 Å². The summed E-state index contributed by atoms with van der Waals surface area (Å²) in [5.41, 5.74) is 2.02. The number of carbonyl (C=O) groups excluding carboxylic acids is 1. The van der Waals surface area contributed by atoms with Crippen molar-refractivity contribution in [1.82, 2.24) is 24.1 Å². The van der Waals surface area contributed by atoms with Crippen LogP contribution in [0.3, 0.4) is 0 Å². The van der Waals surface area contributed by atoms with Crippen LogP contribution in [-0.4, -0.2) is 56.2 Å². The molecule has 8 heteroatoms. The van der Waals surface area contributed by atoms with E-state index in [0.29, 0.717) is 16.5 Å². The summed E-state index contributed by atoms with van der Waals surface area (Å²) < 4.78 is 4.54. The number of quaternary nitrogens is 1. The van der Waals surface area contributed by atoms with Crippen LogP contribution in [0.25, 0.3) is 5.78 Å². The zero-order chi connectivity index (χ0) is 19.7. The molecular formula is C20H31N6OS+. The topological polar surface area (TPSA) is 59.9 Å². The lowest BCUT2D eigenvalue weighted by molar-refractivity contribution is -0.928. The quantitative estimate of drug-likeness (QED) is 0.790. The first kappa shape index (κ1) is 19.5. The van der Waals surface area contributed by atoms with Gasteiger partial charge in [-0.3, -0.25) is 9.20 Å². The number of hydrogen-bond donors (Lipinski definition) is 1. The predicted molar refractivity (Wildman–Crippen MR) is 110 cm³/mol. The lowest BCUT2D eigenvalue weighted by Gasteiger charge is -2.31. The van der Waals surface area contributed by atoms with E-state index >= 15 is 0 Å². The lowest BCUT2D eigenvalue weighted by atomic mass is 9.95. The Labute approximate surface area is 171 Å². The molecule has 0 bridgehead atoms. The zero-order valence-electron chi connectivity index (χ0n) is 17.0. The van der Waals surface area contributed by atoms with Gasteiger partial charge in [0, 0.05) is 43.2 Å². The van der Waals surface area contributed by atoms with E-state index in [0.717, 1.165) is 69.9 Å². The highest BCUT2D eigenvalue weighted by Gasteiger charge is 2.31. The Hall–Kier alpha value is -1.80. The SMILES string of the molecule is Cc1cc(C)n2c(=S)n(C[NH+]3CCC(C(=O)N4CCCCCC4)CC3)nc2n1. The summed E-state index contributed by atoms with van der Waals surface area (Å²) in [6.45, 7) is 8.65. The Bertz CT molecular complexity index is 903. The van der Waals surface area contributed by atoms with E-state index < -0.39 is 0 Å². The number of carbonyl (C=O) groups is 1. The molecule has 2 aromatic rings. The van der Waals surface area contributed by atoms with Crippen LogP contribution < -0.4 is 4.90 Å².